The van der Waals surface area contributed by atoms with E-state index in [9.17, 15) is 4.79 Å². The molecule has 1 aliphatic heterocycles. The minimum absolute atomic E-state index is 0.0570. The molecule has 12 heavy (non-hydrogen) atoms. The molecular formula is C9H17NO2. The van der Waals surface area contributed by atoms with Gasteiger partial charge in [0.2, 0.25) is 0 Å². The lowest BCUT2D eigenvalue weighted by Crippen LogP contribution is -2.52. The maximum Gasteiger partial charge on any atom is 0.323 e. The number of hydrogen-bond donors (Lipinski definition) is 0. The van der Waals surface area contributed by atoms with Crippen LogP contribution in [0.25, 0.3) is 0 Å². The first-order chi connectivity index (χ1) is 5.79. The molecule has 1 heterocycles. The van der Waals surface area contributed by atoms with E-state index in [0.29, 0.717) is 0 Å². The van der Waals surface area contributed by atoms with Crippen molar-refractivity contribution in [1.82, 2.24) is 4.90 Å². The van der Waals surface area contributed by atoms with Crippen molar-refractivity contribution in [2.75, 3.05) is 20.2 Å². The van der Waals surface area contributed by atoms with Crippen molar-refractivity contribution < 1.29 is 9.53 Å². The number of carbonyl (C=O) groups is 1. The first kappa shape index (κ1) is 9.52. The van der Waals surface area contributed by atoms with Gasteiger partial charge in [-0.3, -0.25) is 9.69 Å². The molecule has 3 nitrogen and oxygen atoms in total. The van der Waals surface area contributed by atoms with Gasteiger partial charge in [0.15, 0.2) is 0 Å². The molecular weight excluding hydrogens is 154 g/mol. The molecule has 0 N–H and O–H groups in total. The largest absolute Gasteiger partial charge is 0.468 e. The molecule has 1 fully saturated rings. The van der Waals surface area contributed by atoms with E-state index in [0.717, 1.165) is 19.5 Å². The molecule has 1 atom stereocenters. The number of esters is 1. The number of likely N-dealkylation sites (tertiary alicyclic amines) is 1. The summed E-state index contributed by atoms with van der Waals surface area (Å²) >= 11 is 0. The molecule has 70 valence electrons. The Morgan fingerprint density at radius 1 is 1.67 bits per heavy atom. The minimum Gasteiger partial charge on any atom is -0.468 e. The van der Waals surface area contributed by atoms with Crippen LogP contribution in [0.15, 0.2) is 0 Å². The molecule has 0 saturated carbocycles. The van der Waals surface area contributed by atoms with Gasteiger partial charge in [0.05, 0.1) is 7.11 Å². The number of methoxy groups -OCH3 is 1. The third-order valence-corrected chi connectivity index (χ3v) is 2.40. The fourth-order valence-electron chi connectivity index (χ4n) is 1.47. The summed E-state index contributed by atoms with van der Waals surface area (Å²) < 4.78 is 4.68. The third kappa shape index (κ3) is 1.97. The molecule has 0 aromatic heterocycles. The smallest absolute Gasteiger partial charge is 0.323 e. The summed E-state index contributed by atoms with van der Waals surface area (Å²) in [5.41, 5.74) is 0. The maximum atomic E-state index is 11.1. The van der Waals surface area contributed by atoms with Crippen LogP contribution in [0.1, 0.15) is 26.2 Å². The molecule has 0 radical (unpaired) electrons. The van der Waals surface area contributed by atoms with Crippen LogP contribution in [0.3, 0.4) is 0 Å². The van der Waals surface area contributed by atoms with Crippen LogP contribution in [-0.4, -0.2) is 37.1 Å². The second-order valence-corrected chi connectivity index (χ2v) is 3.22. The van der Waals surface area contributed by atoms with Crippen LogP contribution in [0, 0.1) is 0 Å². The minimum atomic E-state index is -0.0719. The van der Waals surface area contributed by atoms with Crippen LogP contribution in [0.4, 0.5) is 0 Å². The Bertz CT molecular complexity index is 159. The summed E-state index contributed by atoms with van der Waals surface area (Å²) in [6, 6.07) is 0.0570. The summed E-state index contributed by atoms with van der Waals surface area (Å²) in [6.45, 7) is 4.25. The van der Waals surface area contributed by atoms with Gasteiger partial charge >= 0.3 is 5.97 Å². The molecule has 3 heteroatoms. The third-order valence-electron chi connectivity index (χ3n) is 2.40. The van der Waals surface area contributed by atoms with E-state index in [1.807, 2.05) is 0 Å². The predicted octanol–water partition coefficient (Wildman–Crippen LogP) is 1.03. The van der Waals surface area contributed by atoms with E-state index in [1.165, 1.54) is 20.0 Å². The fourth-order valence-corrected chi connectivity index (χ4v) is 1.47. The van der Waals surface area contributed by atoms with Crippen molar-refractivity contribution >= 4 is 5.97 Å². The Labute approximate surface area is 73.7 Å². The van der Waals surface area contributed by atoms with E-state index >= 15 is 0 Å². The molecule has 0 bridgehead atoms. The van der Waals surface area contributed by atoms with Gasteiger partial charge in [-0.1, -0.05) is 13.3 Å². The molecule has 0 spiro atoms. The Hall–Kier alpha value is -0.570. The van der Waals surface area contributed by atoms with Crippen molar-refractivity contribution in [2.24, 2.45) is 0 Å². The van der Waals surface area contributed by atoms with Crippen molar-refractivity contribution in [3.63, 3.8) is 0 Å². The van der Waals surface area contributed by atoms with Gasteiger partial charge in [0, 0.05) is 6.54 Å². The molecule has 1 saturated heterocycles. The fraction of sp³-hybridized carbons (Fsp3) is 0.889. The quantitative estimate of drug-likeness (QED) is 0.592. The first-order valence-electron chi connectivity index (χ1n) is 4.61. The average Bonchev–Trinajstić information content (AvgIpc) is 2.03. The van der Waals surface area contributed by atoms with Gasteiger partial charge in [-0.2, -0.15) is 0 Å². The van der Waals surface area contributed by atoms with E-state index < -0.39 is 0 Å². The lowest BCUT2D eigenvalue weighted by molar-refractivity contribution is -0.151. The first-order valence-corrected chi connectivity index (χ1v) is 4.61. The second kappa shape index (κ2) is 4.45. The van der Waals surface area contributed by atoms with E-state index in [-0.39, 0.29) is 12.0 Å². The topological polar surface area (TPSA) is 29.5 Å². The summed E-state index contributed by atoms with van der Waals surface area (Å²) in [5.74, 6) is -0.0719. The molecule has 0 aliphatic carbocycles. The number of carbonyl (C=O) groups excluding carboxylic acids is 1. The predicted molar refractivity (Wildman–Crippen MR) is 46.9 cm³/mol. The van der Waals surface area contributed by atoms with Crippen molar-refractivity contribution in [1.29, 1.82) is 0 Å². The zero-order chi connectivity index (χ0) is 8.97. The number of unbranched alkanes of at least 4 members (excludes halogenated alkanes) is 1. The Kier molecular flexibility index (Phi) is 3.53. The van der Waals surface area contributed by atoms with E-state index in [1.54, 1.807) is 0 Å². The summed E-state index contributed by atoms with van der Waals surface area (Å²) in [7, 11) is 1.46. The molecule has 0 aromatic carbocycles. The van der Waals surface area contributed by atoms with Crippen molar-refractivity contribution in [3.8, 4) is 0 Å². The van der Waals surface area contributed by atoms with Gasteiger partial charge in [0.1, 0.15) is 6.04 Å². The maximum absolute atomic E-state index is 11.1. The molecule has 0 amide bonds. The van der Waals surface area contributed by atoms with Crippen molar-refractivity contribution in [2.45, 2.75) is 32.2 Å². The summed E-state index contributed by atoms with van der Waals surface area (Å²) in [6.07, 6.45) is 3.33. The van der Waals surface area contributed by atoms with Crippen LogP contribution >= 0.6 is 0 Å². The Morgan fingerprint density at radius 2 is 2.42 bits per heavy atom. The normalized spacial score (nSPS) is 23.3. The highest BCUT2D eigenvalue weighted by molar-refractivity contribution is 5.76. The highest BCUT2D eigenvalue weighted by Crippen LogP contribution is 2.18. The van der Waals surface area contributed by atoms with Crippen LogP contribution in [0.5, 0.6) is 0 Å². The summed E-state index contributed by atoms with van der Waals surface area (Å²) in [5, 5.41) is 0. The lowest BCUT2D eigenvalue weighted by atomic mass is 10.0. The van der Waals surface area contributed by atoms with Crippen LogP contribution < -0.4 is 0 Å². The number of rotatable bonds is 4. The zero-order valence-electron chi connectivity index (χ0n) is 7.88. The highest BCUT2D eigenvalue weighted by Gasteiger charge is 2.33. The monoisotopic (exact) mass is 171 g/mol. The van der Waals surface area contributed by atoms with E-state index in [4.69, 9.17) is 0 Å². The Balaban J connectivity index is 2.24. The molecule has 0 aromatic rings. The molecule has 1 rings (SSSR count). The lowest BCUT2D eigenvalue weighted by Gasteiger charge is -2.38. The van der Waals surface area contributed by atoms with Gasteiger partial charge < -0.3 is 4.74 Å². The molecule has 1 aliphatic rings. The van der Waals surface area contributed by atoms with Crippen LogP contribution in [0.2, 0.25) is 0 Å². The van der Waals surface area contributed by atoms with Gasteiger partial charge in [0.25, 0.3) is 0 Å². The van der Waals surface area contributed by atoms with Gasteiger partial charge in [-0.05, 0) is 19.4 Å². The average molecular weight is 171 g/mol. The van der Waals surface area contributed by atoms with Gasteiger partial charge in [-0.25, -0.2) is 0 Å². The van der Waals surface area contributed by atoms with E-state index in [2.05, 4.69) is 16.6 Å². The number of nitrogens with zero attached hydrogens (tertiary/aromatic N) is 1. The standard InChI is InChI=1S/C9H17NO2/c1-3-4-6-10-7-5-8(10)9(11)12-2/h8H,3-7H2,1-2H3/t8-/m0/s1. The SMILES string of the molecule is CCCCN1CC[C@H]1C(=O)OC. The Morgan fingerprint density at radius 3 is 2.83 bits per heavy atom. The number of ether oxygens (including phenoxy) is 1. The van der Waals surface area contributed by atoms with Crippen LogP contribution in [-0.2, 0) is 9.53 Å². The zero-order valence-corrected chi connectivity index (χ0v) is 7.88. The molecule has 0 unspecified atom stereocenters. The van der Waals surface area contributed by atoms with Gasteiger partial charge in [-0.15, -0.1) is 0 Å². The van der Waals surface area contributed by atoms with Crippen molar-refractivity contribution in [3.05, 3.63) is 0 Å². The summed E-state index contributed by atoms with van der Waals surface area (Å²) in [4.78, 5) is 13.3. The highest BCUT2D eigenvalue weighted by atomic mass is 16.5. The number of hydrogen-bond acceptors (Lipinski definition) is 3. The second-order valence-electron chi connectivity index (χ2n) is 3.22.